The molecule has 4 nitrogen and oxygen atoms in total. The Morgan fingerprint density at radius 2 is 2.19 bits per heavy atom. The van der Waals surface area contributed by atoms with Crippen LogP contribution >= 0.6 is 27.7 Å². The molecule has 0 radical (unpaired) electrons. The lowest BCUT2D eigenvalue weighted by atomic mass is 10.2. The average molecular weight is 450 g/mol. The first-order chi connectivity index (χ1) is 13.1. The van der Waals surface area contributed by atoms with E-state index < -0.39 is 0 Å². The molecule has 1 atom stereocenters. The number of carbonyl (C=O) groups is 1. The second-order valence-electron chi connectivity index (χ2n) is 6.52. The molecule has 6 heteroatoms. The van der Waals surface area contributed by atoms with Crippen molar-refractivity contribution >= 4 is 39.3 Å². The maximum Gasteiger partial charge on any atom is 0.225 e. The van der Waals surface area contributed by atoms with Crippen molar-refractivity contribution in [3.63, 3.8) is 0 Å². The van der Waals surface area contributed by atoms with E-state index in [4.69, 9.17) is 9.47 Å². The zero-order valence-corrected chi connectivity index (χ0v) is 17.8. The first-order valence-corrected chi connectivity index (χ1v) is 10.9. The van der Waals surface area contributed by atoms with Crippen LogP contribution in [0.3, 0.4) is 0 Å². The first-order valence-electron chi connectivity index (χ1n) is 9.14. The molecule has 3 rings (SSSR count). The number of aryl methyl sites for hydroxylation is 1. The predicted molar refractivity (Wildman–Crippen MR) is 114 cm³/mol. The second kappa shape index (κ2) is 10.2. The minimum Gasteiger partial charge on any atom is -0.489 e. The molecular weight excluding hydrogens is 426 g/mol. The molecule has 1 aliphatic rings. The van der Waals surface area contributed by atoms with Crippen LogP contribution in [0.15, 0.2) is 51.8 Å². The lowest BCUT2D eigenvalue weighted by molar-refractivity contribution is -0.115. The molecule has 1 fully saturated rings. The van der Waals surface area contributed by atoms with Crippen LogP contribution in [0.5, 0.6) is 5.75 Å². The highest BCUT2D eigenvalue weighted by Gasteiger charge is 2.17. The minimum absolute atomic E-state index is 0.0135. The van der Waals surface area contributed by atoms with Gasteiger partial charge in [-0.2, -0.15) is 0 Å². The second-order valence-corrected chi connectivity index (χ2v) is 8.51. The Morgan fingerprint density at radius 1 is 1.33 bits per heavy atom. The maximum absolute atomic E-state index is 12.4. The summed E-state index contributed by atoms with van der Waals surface area (Å²) in [5.41, 5.74) is 1.81. The molecule has 1 saturated heterocycles. The molecule has 0 bridgehead atoms. The fourth-order valence-corrected chi connectivity index (χ4v) is 4.36. The van der Waals surface area contributed by atoms with Crippen LogP contribution in [0.2, 0.25) is 0 Å². The summed E-state index contributed by atoms with van der Waals surface area (Å²) >= 11 is 5.19. The lowest BCUT2D eigenvalue weighted by Crippen LogP contribution is -2.18. The van der Waals surface area contributed by atoms with E-state index in [0.717, 1.165) is 40.1 Å². The molecule has 144 valence electrons. The Labute approximate surface area is 173 Å². The van der Waals surface area contributed by atoms with Gasteiger partial charge < -0.3 is 14.8 Å². The van der Waals surface area contributed by atoms with E-state index in [0.29, 0.717) is 24.5 Å². The van der Waals surface area contributed by atoms with Crippen LogP contribution < -0.4 is 10.1 Å². The molecule has 2 aromatic carbocycles. The largest absolute Gasteiger partial charge is 0.489 e. The maximum atomic E-state index is 12.4. The van der Waals surface area contributed by atoms with Crippen molar-refractivity contribution < 1.29 is 14.3 Å². The molecule has 0 spiro atoms. The predicted octanol–water partition coefficient (Wildman–Crippen LogP) is 5.44. The van der Waals surface area contributed by atoms with Crippen molar-refractivity contribution in [1.82, 2.24) is 0 Å². The van der Waals surface area contributed by atoms with E-state index in [9.17, 15) is 4.79 Å². The Hall–Kier alpha value is -1.50. The van der Waals surface area contributed by atoms with Gasteiger partial charge in [-0.3, -0.25) is 4.79 Å². The molecular formula is C21H24BrNO3S. The van der Waals surface area contributed by atoms with E-state index in [2.05, 4.69) is 21.2 Å². The Kier molecular flexibility index (Phi) is 7.61. The molecule has 0 aliphatic carbocycles. The highest BCUT2D eigenvalue weighted by molar-refractivity contribution is 9.10. The Balaban J connectivity index is 1.52. The third-order valence-corrected chi connectivity index (χ3v) is 6.31. The van der Waals surface area contributed by atoms with Crippen molar-refractivity contribution in [3.05, 3.63) is 52.5 Å². The molecule has 2 aromatic rings. The molecule has 1 N–H and O–H groups in total. The zero-order chi connectivity index (χ0) is 19.1. The van der Waals surface area contributed by atoms with E-state index in [1.165, 1.54) is 0 Å². The van der Waals surface area contributed by atoms with E-state index in [1.54, 1.807) is 11.8 Å². The average Bonchev–Trinajstić information content (AvgIpc) is 3.17. The van der Waals surface area contributed by atoms with Gasteiger partial charge in [-0.05, 0) is 65.5 Å². The third kappa shape index (κ3) is 6.26. The monoisotopic (exact) mass is 449 g/mol. The molecule has 0 aromatic heterocycles. The minimum atomic E-state index is -0.0135. The number of amides is 1. The molecule has 1 aliphatic heterocycles. The van der Waals surface area contributed by atoms with E-state index >= 15 is 0 Å². The van der Waals surface area contributed by atoms with Crippen molar-refractivity contribution in [2.24, 2.45) is 0 Å². The number of halogens is 1. The van der Waals surface area contributed by atoms with Crippen LogP contribution in [0, 0.1) is 6.92 Å². The molecule has 1 heterocycles. The summed E-state index contributed by atoms with van der Waals surface area (Å²) < 4.78 is 12.6. The van der Waals surface area contributed by atoms with E-state index in [1.807, 2.05) is 49.4 Å². The van der Waals surface area contributed by atoms with Gasteiger partial charge in [0.1, 0.15) is 12.4 Å². The zero-order valence-electron chi connectivity index (χ0n) is 15.4. The fraction of sp³-hybridized carbons (Fsp3) is 0.381. The van der Waals surface area contributed by atoms with Crippen LogP contribution in [0.25, 0.3) is 0 Å². The number of hydrogen-bond donors (Lipinski definition) is 1. The summed E-state index contributed by atoms with van der Waals surface area (Å²) in [4.78, 5) is 13.5. The quantitative estimate of drug-likeness (QED) is 0.545. The van der Waals surface area contributed by atoms with Gasteiger partial charge in [-0.25, -0.2) is 0 Å². The van der Waals surface area contributed by atoms with Gasteiger partial charge in [0.2, 0.25) is 5.91 Å². The van der Waals surface area contributed by atoms with Crippen molar-refractivity contribution in [1.29, 1.82) is 0 Å². The SMILES string of the molecule is Cc1ccc(NC(=O)CCSc2ccccc2Br)c(OCC2CCCO2)c1. The third-order valence-electron chi connectivity index (χ3n) is 4.28. The summed E-state index contributed by atoms with van der Waals surface area (Å²) in [6, 6.07) is 13.9. The van der Waals surface area contributed by atoms with Gasteiger partial charge in [-0.15, -0.1) is 11.8 Å². The van der Waals surface area contributed by atoms with Gasteiger partial charge in [0.05, 0.1) is 11.8 Å². The summed E-state index contributed by atoms with van der Waals surface area (Å²) in [7, 11) is 0. The molecule has 1 amide bonds. The summed E-state index contributed by atoms with van der Waals surface area (Å²) in [6.45, 7) is 3.34. The van der Waals surface area contributed by atoms with Crippen LogP contribution in [0.1, 0.15) is 24.8 Å². The number of carbonyl (C=O) groups excluding carboxylic acids is 1. The fourth-order valence-electron chi connectivity index (χ4n) is 2.84. The Bertz CT molecular complexity index is 778. The highest BCUT2D eigenvalue weighted by Crippen LogP contribution is 2.29. The number of nitrogens with one attached hydrogen (secondary N) is 1. The molecule has 27 heavy (non-hydrogen) atoms. The number of hydrogen-bond acceptors (Lipinski definition) is 4. The number of rotatable bonds is 8. The molecule has 0 saturated carbocycles. The topological polar surface area (TPSA) is 47.6 Å². The molecule has 1 unspecified atom stereocenters. The van der Waals surface area contributed by atoms with Crippen molar-refractivity contribution in [2.45, 2.75) is 37.2 Å². The van der Waals surface area contributed by atoms with Crippen LogP contribution in [0.4, 0.5) is 5.69 Å². The number of benzene rings is 2. The number of anilines is 1. The Morgan fingerprint density at radius 3 is 2.96 bits per heavy atom. The van der Waals surface area contributed by atoms with Gasteiger partial charge in [0.25, 0.3) is 0 Å². The van der Waals surface area contributed by atoms with Gasteiger partial charge in [-0.1, -0.05) is 18.2 Å². The van der Waals surface area contributed by atoms with Crippen molar-refractivity contribution in [3.8, 4) is 5.75 Å². The van der Waals surface area contributed by atoms with Crippen LogP contribution in [-0.4, -0.2) is 31.0 Å². The summed E-state index contributed by atoms with van der Waals surface area (Å²) in [6.07, 6.45) is 2.70. The summed E-state index contributed by atoms with van der Waals surface area (Å²) in [5, 5.41) is 2.98. The normalized spacial score (nSPS) is 16.3. The standard InChI is InChI=1S/C21H24BrNO3S/c1-15-8-9-18(19(13-15)26-14-16-5-4-11-25-16)23-21(24)10-12-27-20-7-3-2-6-17(20)22/h2-3,6-9,13,16H,4-5,10-12,14H2,1H3,(H,23,24). The lowest BCUT2D eigenvalue weighted by Gasteiger charge is -2.16. The van der Waals surface area contributed by atoms with Crippen molar-refractivity contribution in [2.75, 3.05) is 24.3 Å². The first kappa shape index (κ1) is 20.2. The smallest absolute Gasteiger partial charge is 0.225 e. The summed E-state index contributed by atoms with van der Waals surface area (Å²) in [5.74, 6) is 1.41. The number of thioether (sulfide) groups is 1. The van der Waals surface area contributed by atoms with Gasteiger partial charge >= 0.3 is 0 Å². The van der Waals surface area contributed by atoms with Gasteiger partial charge in [0.15, 0.2) is 0 Å². The number of ether oxygens (including phenoxy) is 2. The van der Waals surface area contributed by atoms with Gasteiger partial charge in [0, 0.05) is 28.1 Å². The van der Waals surface area contributed by atoms with Crippen LogP contribution in [-0.2, 0) is 9.53 Å². The van der Waals surface area contributed by atoms with E-state index in [-0.39, 0.29) is 12.0 Å². The highest BCUT2D eigenvalue weighted by atomic mass is 79.9.